The number of para-hydroxylation sites is 2. The minimum Gasteiger partial charge on any atom is -0.352 e. The van der Waals surface area contributed by atoms with Crippen LogP contribution in [0.3, 0.4) is 0 Å². The smallest absolute Gasteiger partial charge is 0.251 e. The molecule has 0 aliphatic rings. The van der Waals surface area contributed by atoms with Crippen LogP contribution in [-0.2, 0) is 13.5 Å². The number of amides is 1. The van der Waals surface area contributed by atoms with Crippen molar-refractivity contribution in [2.75, 3.05) is 6.54 Å². The van der Waals surface area contributed by atoms with Crippen molar-refractivity contribution >= 4 is 32.9 Å². The monoisotopic (exact) mass is 399 g/mol. The molecule has 4 nitrogen and oxygen atoms in total. The second-order valence-corrected chi connectivity index (χ2v) is 7.07. The van der Waals surface area contributed by atoms with Crippen molar-refractivity contribution in [3.63, 3.8) is 0 Å². The van der Waals surface area contributed by atoms with Crippen LogP contribution in [0.2, 0.25) is 0 Å². The Morgan fingerprint density at radius 2 is 1.96 bits per heavy atom. The highest BCUT2D eigenvalue weighted by Crippen LogP contribution is 2.16. The number of carbonyl (C=O) groups is 1. The molecule has 0 spiro atoms. The molecule has 0 saturated carbocycles. The van der Waals surface area contributed by atoms with E-state index in [-0.39, 0.29) is 5.91 Å². The zero-order valence-electron chi connectivity index (χ0n) is 14.3. The molecule has 1 N–H and O–H groups in total. The summed E-state index contributed by atoms with van der Waals surface area (Å²) in [5, 5.41) is 2.98. The van der Waals surface area contributed by atoms with Gasteiger partial charge in [0.05, 0.1) is 11.0 Å². The molecule has 3 rings (SSSR count). The lowest BCUT2D eigenvalue weighted by atomic mass is 10.1. The highest BCUT2D eigenvalue weighted by Gasteiger charge is 2.07. The second-order valence-electron chi connectivity index (χ2n) is 6.15. The van der Waals surface area contributed by atoms with Crippen LogP contribution in [0.25, 0.3) is 11.0 Å². The van der Waals surface area contributed by atoms with Gasteiger partial charge in [-0.2, -0.15) is 0 Å². The minimum absolute atomic E-state index is 0.0170. The molecule has 5 heteroatoms. The normalized spacial score (nSPS) is 11.0. The number of hydrogen-bond acceptors (Lipinski definition) is 2. The predicted molar refractivity (Wildman–Crippen MR) is 105 cm³/mol. The number of nitrogens with zero attached hydrogens (tertiary/aromatic N) is 2. The largest absolute Gasteiger partial charge is 0.352 e. The lowest BCUT2D eigenvalue weighted by Gasteiger charge is -2.06. The van der Waals surface area contributed by atoms with E-state index in [2.05, 4.69) is 45.0 Å². The maximum absolute atomic E-state index is 12.0. The number of hydrogen-bond donors (Lipinski definition) is 1. The molecule has 1 aromatic heterocycles. The first-order valence-electron chi connectivity index (χ1n) is 8.59. The molecular weight excluding hydrogens is 378 g/mol. The number of imidazole rings is 1. The van der Waals surface area contributed by atoms with Crippen molar-refractivity contribution in [1.29, 1.82) is 0 Å². The maximum Gasteiger partial charge on any atom is 0.251 e. The molecule has 0 fully saturated rings. The Kier molecular flexibility index (Phi) is 5.87. The van der Waals surface area contributed by atoms with Gasteiger partial charge in [-0.25, -0.2) is 4.98 Å². The van der Waals surface area contributed by atoms with Crippen molar-refractivity contribution < 1.29 is 4.79 Å². The summed E-state index contributed by atoms with van der Waals surface area (Å²) in [6.45, 7) is 0.702. The van der Waals surface area contributed by atoms with Crippen LogP contribution >= 0.6 is 15.9 Å². The molecule has 0 radical (unpaired) electrons. The number of halogens is 1. The molecule has 0 aliphatic heterocycles. The Morgan fingerprint density at radius 1 is 1.12 bits per heavy atom. The predicted octanol–water partition coefficient (Wildman–Crippen LogP) is 4.48. The highest BCUT2D eigenvalue weighted by atomic mass is 79.9. The van der Waals surface area contributed by atoms with E-state index in [4.69, 9.17) is 4.98 Å². The summed E-state index contributed by atoms with van der Waals surface area (Å²) in [5.74, 6) is 1.11. The minimum atomic E-state index is -0.0170. The second kappa shape index (κ2) is 8.30. The summed E-state index contributed by atoms with van der Waals surface area (Å²) in [6, 6.07) is 15.7. The average Bonchev–Trinajstić information content (AvgIpc) is 2.94. The number of carbonyl (C=O) groups excluding carboxylic acids is 1. The van der Waals surface area contributed by atoms with E-state index >= 15 is 0 Å². The van der Waals surface area contributed by atoms with Gasteiger partial charge in [0.2, 0.25) is 0 Å². The number of rotatable bonds is 7. The molecular formula is C20H22BrN3O. The van der Waals surface area contributed by atoms with Crippen LogP contribution in [0.15, 0.2) is 53.0 Å². The van der Waals surface area contributed by atoms with Gasteiger partial charge in [0, 0.05) is 30.0 Å². The van der Waals surface area contributed by atoms with Crippen molar-refractivity contribution in [1.82, 2.24) is 14.9 Å². The molecule has 0 unspecified atom stereocenters. The van der Waals surface area contributed by atoms with Gasteiger partial charge >= 0.3 is 0 Å². The fourth-order valence-corrected chi connectivity index (χ4v) is 3.34. The number of aromatic nitrogens is 2. The average molecular weight is 400 g/mol. The fourth-order valence-electron chi connectivity index (χ4n) is 2.94. The number of aryl methyl sites for hydroxylation is 2. The first kappa shape index (κ1) is 17.7. The molecule has 3 aromatic rings. The Labute approximate surface area is 156 Å². The van der Waals surface area contributed by atoms with Gasteiger partial charge in [0.25, 0.3) is 5.91 Å². The van der Waals surface area contributed by atoms with Crippen molar-refractivity contribution in [3.05, 3.63) is 64.4 Å². The molecule has 0 atom stereocenters. The van der Waals surface area contributed by atoms with Gasteiger partial charge < -0.3 is 9.88 Å². The lowest BCUT2D eigenvalue weighted by Crippen LogP contribution is -2.24. The van der Waals surface area contributed by atoms with Crippen LogP contribution in [0.4, 0.5) is 0 Å². The van der Waals surface area contributed by atoms with Gasteiger partial charge in [-0.3, -0.25) is 4.79 Å². The van der Waals surface area contributed by atoms with E-state index in [1.54, 1.807) is 0 Å². The molecule has 0 bridgehead atoms. The van der Waals surface area contributed by atoms with Gasteiger partial charge in [-0.1, -0.05) is 40.5 Å². The van der Waals surface area contributed by atoms with Gasteiger partial charge in [-0.05, 0) is 43.2 Å². The number of nitrogens with one attached hydrogen (secondary N) is 1. The van der Waals surface area contributed by atoms with E-state index in [1.807, 2.05) is 36.4 Å². The first-order chi connectivity index (χ1) is 12.1. The summed E-state index contributed by atoms with van der Waals surface area (Å²) in [7, 11) is 2.07. The van der Waals surface area contributed by atoms with E-state index in [0.29, 0.717) is 12.1 Å². The number of unbranched alkanes of at least 4 members (excludes halogenated alkanes) is 2. The quantitative estimate of drug-likeness (QED) is 0.595. The van der Waals surface area contributed by atoms with E-state index in [1.165, 1.54) is 5.52 Å². The third-order valence-corrected chi connectivity index (χ3v) is 4.82. The number of fused-ring (bicyclic) bond motifs is 1. The van der Waals surface area contributed by atoms with E-state index < -0.39 is 0 Å². The van der Waals surface area contributed by atoms with Crippen LogP contribution in [0.1, 0.15) is 35.4 Å². The Hall–Kier alpha value is -2.14. The summed E-state index contributed by atoms with van der Waals surface area (Å²) in [6.07, 6.45) is 4.08. The van der Waals surface area contributed by atoms with Gasteiger partial charge in [-0.15, -0.1) is 0 Å². The fraction of sp³-hybridized carbons (Fsp3) is 0.300. The molecule has 2 aromatic carbocycles. The van der Waals surface area contributed by atoms with E-state index in [9.17, 15) is 4.79 Å². The van der Waals surface area contributed by atoms with Crippen LogP contribution < -0.4 is 5.32 Å². The Balaban J connectivity index is 1.40. The van der Waals surface area contributed by atoms with Crippen molar-refractivity contribution in [2.24, 2.45) is 7.05 Å². The Bertz CT molecular complexity index is 872. The molecule has 25 heavy (non-hydrogen) atoms. The maximum atomic E-state index is 12.0. The van der Waals surface area contributed by atoms with Crippen LogP contribution in [0.5, 0.6) is 0 Å². The molecule has 130 valence electrons. The van der Waals surface area contributed by atoms with E-state index in [0.717, 1.165) is 41.5 Å². The third kappa shape index (κ3) is 4.48. The molecule has 0 aliphatic carbocycles. The third-order valence-electron chi connectivity index (χ3n) is 4.33. The summed E-state index contributed by atoms with van der Waals surface area (Å²) < 4.78 is 3.09. The Morgan fingerprint density at radius 3 is 2.76 bits per heavy atom. The van der Waals surface area contributed by atoms with Crippen LogP contribution in [-0.4, -0.2) is 22.0 Å². The molecule has 1 heterocycles. The SMILES string of the molecule is Cn1c(CCCCCNC(=O)c2cccc(Br)c2)nc2ccccc21. The summed E-state index contributed by atoms with van der Waals surface area (Å²) in [4.78, 5) is 16.7. The topological polar surface area (TPSA) is 46.9 Å². The molecule has 0 saturated heterocycles. The summed E-state index contributed by atoms with van der Waals surface area (Å²) >= 11 is 3.39. The van der Waals surface area contributed by atoms with Crippen molar-refractivity contribution in [2.45, 2.75) is 25.7 Å². The summed E-state index contributed by atoms with van der Waals surface area (Å²) in [5.41, 5.74) is 2.93. The zero-order chi connectivity index (χ0) is 17.6. The molecule has 1 amide bonds. The van der Waals surface area contributed by atoms with Crippen LogP contribution in [0, 0.1) is 0 Å². The zero-order valence-corrected chi connectivity index (χ0v) is 15.9. The van der Waals surface area contributed by atoms with Gasteiger partial charge in [0.1, 0.15) is 5.82 Å². The first-order valence-corrected chi connectivity index (χ1v) is 9.38. The van der Waals surface area contributed by atoms with Gasteiger partial charge in [0.15, 0.2) is 0 Å². The lowest BCUT2D eigenvalue weighted by molar-refractivity contribution is 0.0953. The highest BCUT2D eigenvalue weighted by molar-refractivity contribution is 9.10. The standard InChI is InChI=1S/C20H22BrN3O/c1-24-18-11-5-4-10-17(18)23-19(24)12-3-2-6-13-22-20(25)15-8-7-9-16(21)14-15/h4-5,7-11,14H,2-3,6,12-13H2,1H3,(H,22,25). The number of benzene rings is 2. The van der Waals surface area contributed by atoms with Crippen molar-refractivity contribution in [3.8, 4) is 0 Å².